The maximum atomic E-state index is 11.8. The van der Waals surface area contributed by atoms with Crippen LogP contribution in [0.2, 0.25) is 0 Å². The molecule has 1 aliphatic carbocycles. The maximum Gasteiger partial charge on any atom is 0.293 e. The number of anilines is 1. The zero-order valence-electron chi connectivity index (χ0n) is 14.3. The molecule has 0 heterocycles. The van der Waals surface area contributed by atoms with E-state index in [1.165, 1.54) is 24.2 Å². The van der Waals surface area contributed by atoms with Gasteiger partial charge >= 0.3 is 0 Å². The first-order chi connectivity index (χ1) is 12.0. The van der Waals surface area contributed by atoms with Crippen LogP contribution in [0.3, 0.4) is 0 Å². The van der Waals surface area contributed by atoms with E-state index in [4.69, 9.17) is 0 Å². The van der Waals surface area contributed by atoms with Crippen molar-refractivity contribution in [2.24, 2.45) is 5.92 Å². The van der Waals surface area contributed by atoms with Gasteiger partial charge in [-0.05, 0) is 42.0 Å². The van der Waals surface area contributed by atoms with Gasteiger partial charge in [0.2, 0.25) is 0 Å². The van der Waals surface area contributed by atoms with E-state index in [-0.39, 0.29) is 23.2 Å². The molecule has 2 atom stereocenters. The summed E-state index contributed by atoms with van der Waals surface area (Å²) in [5.41, 5.74) is 3.09. The predicted molar refractivity (Wildman–Crippen MR) is 96.8 cm³/mol. The topological polar surface area (TPSA) is 84.3 Å². The molecular weight excluding hydrogens is 318 g/mol. The second kappa shape index (κ2) is 6.93. The van der Waals surface area contributed by atoms with Crippen LogP contribution in [0.4, 0.5) is 11.4 Å². The molecule has 0 radical (unpaired) electrons. The highest BCUT2D eigenvalue weighted by molar-refractivity contribution is 5.95. The minimum absolute atomic E-state index is 0.00880. The van der Waals surface area contributed by atoms with Crippen LogP contribution < -0.4 is 10.6 Å². The number of carbonyl (C=O) groups is 1. The second-order valence-corrected chi connectivity index (χ2v) is 6.40. The number of nitro benzene ring substituents is 1. The molecule has 6 nitrogen and oxygen atoms in total. The van der Waals surface area contributed by atoms with Gasteiger partial charge in [0.05, 0.1) is 11.0 Å². The van der Waals surface area contributed by atoms with Gasteiger partial charge in [0, 0.05) is 18.7 Å². The summed E-state index contributed by atoms with van der Waals surface area (Å²) in [5, 5.41) is 17.3. The quantitative estimate of drug-likeness (QED) is 0.657. The molecule has 2 N–H and O–H groups in total. The number of carbonyl (C=O) groups excluding carboxylic acids is 1. The standard InChI is InChI=1S/C19H21N3O3/c1-12-7-8-13-5-3-4-6-15(13)18(12)21-16-10-9-14(19(23)20-2)11-17(16)22(24)25/h3-6,9-12,18,21H,7-8H2,1-2H3,(H,20,23). The van der Waals surface area contributed by atoms with E-state index in [0.29, 0.717) is 11.6 Å². The smallest absolute Gasteiger partial charge is 0.293 e. The molecule has 0 saturated heterocycles. The van der Waals surface area contributed by atoms with Crippen molar-refractivity contribution in [2.75, 3.05) is 12.4 Å². The number of benzene rings is 2. The van der Waals surface area contributed by atoms with Crippen LogP contribution in [0.25, 0.3) is 0 Å². The zero-order chi connectivity index (χ0) is 18.0. The van der Waals surface area contributed by atoms with Crippen molar-refractivity contribution in [1.29, 1.82) is 0 Å². The molecule has 25 heavy (non-hydrogen) atoms. The van der Waals surface area contributed by atoms with Crippen LogP contribution in [0, 0.1) is 16.0 Å². The summed E-state index contributed by atoms with van der Waals surface area (Å²) in [4.78, 5) is 22.8. The molecule has 130 valence electrons. The SMILES string of the molecule is CNC(=O)c1ccc(NC2c3ccccc3CCC2C)c([N+](=O)[O-])c1. The molecule has 0 fully saturated rings. The molecular formula is C19H21N3O3. The highest BCUT2D eigenvalue weighted by Gasteiger charge is 2.28. The number of hydrogen-bond acceptors (Lipinski definition) is 4. The highest BCUT2D eigenvalue weighted by Crippen LogP contribution is 2.38. The number of nitro groups is 1. The number of nitrogens with one attached hydrogen (secondary N) is 2. The van der Waals surface area contributed by atoms with E-state index in [2.05, 4.69) is 29.7 Å². The third-order valence-electron chi connectivity index (χ3n) is 4.82. The lowest BCUT2D eigenvalue weighted by molar-refractivity contribution is -0.384. The normalized spacial score (nSPS) is 19.0. The number of rotatable bonds is 4. The van der Waals surface area contributed by atoms with Gasteiger partial charge in [-0.3, -0.25) is 14.9 Å². The molecule has 2 unspecified atom stereocenters. The van der Waals surface area contributed by atoms with Gasteiger partial charge in [0.25, 0.3) is 11.6 Å². The molecule has 0 aromatic heterocycles. The number of nitrogens with zero attached hydrogens (tertiary/aromatic N) is 1. The average Bonchev–Trinajstić information content (AvgIpc) is 2.63. The minimum atomic E-state index is -0.450. The lowest BCUT2D eigenvalue weighted by Crippen LogP contribution is -2.25. The van der Waals surface area contributed by atoms with Crippen molar-refractivity contribution >= 4 is 17.3 Å². The molecule has 0 bridgehead atoms. The Morgan fingerprint density at radius 3 is 2.72 bits per heavy atom. The molecule has 1 amide bonds. The first-order valence-corrected chi connectivity index (χ1v) is 8.36. The zero-order valence-corrected chi connectivity index (χ0v) is 14.3. The Hall–Kier alpha value is -2.89. The van der Waals surface area contributed by atoms with Crippen molar-refractivity contribution in [3.05, 3.63) is 69.3 Å². The predicted octanol–water partition coefficient (Wildman–Crippen LogP) is 3.69. The largest absolute Gasteiger partial charge is 0.372 e. The van der Waals surface area contributed by atoms with Crippen molar-refractivity contribution in [3.63, 3.8) is 0 Å². The molecule has 0 saturated carbocycles. The first-order valence-electron chi connectivity index (χ1n) is 8.36. The van der Waals surface area contributed by atoms with Gasteiger partial charge in [0.15, 0.2) is 0 Å². The fourth-order valence-electron chi connectivity index (χ4n) is 3.40. The summed E-state index contributed by atoms with van der Waals surface area (Å²) in [6.07, 6.45) is 2.05. The van der Waals surface area contributed by atoms with Gasteiger partial charge in [-0.2, -0.15) is 0 Å². The molecule has 6 heteroatoms. The number of fused-ring (bicyclic) bond motifs is 1. The average molecular weight is 339 g/mol. The molecule has 1 aliphatic rings. The van der Waals surface area contributed by atoms with E-state index in [0.717, 1.165) is 12.8 Å². The Morgan fingerprint density at radius 2 is 2.00 bits per heavy atom. The monoisotopic (exact) mass is 339 g/mol. The summed E-state index contributed by atoms with van der Waals surface area (Å²) in [7, 11) is 1.50. The molecule has 3 rings (SSSR count). The minimum Gasteiger partial charge on any atom is -0.372 e. The lowest BCUT2D eigenvalue weighted by atomic mass is 9.80. The Kier molecular flexibility index (Phi) is 4.70. The van der Waals surface area contributed by atoms with Crippen LogP contribution in [-0.4, -0.2) is 17.9 Å². The maximum absolute atomic E-state index is 11.8. The Labute approximate surface area is 146 Å². The van der Waals surface area contributed by atoms with Crippen molar-refractivity contribution in [3.8, 4) is 0 Å². The van der Waals surface area contributed by atoms with Crippen molar-refractivity contribution in [1.82, 2.24) is 5.32 Å². The van der Waals surface area contributed by atoms with Gasteiger partial charge < -0.3 is 10.6 Å². The molecule has 0 spiro atoms. The van der Waals surface area contributed by atoms with Crippen molar-refractivity contribution < 1.29 is 9.72 Å². The van der Waals surface area contributed by atoms with Gasteiger partial charge in [-0.1, -0.05) is 31.2 Å². The first kappa shape index (κ1) is 17.0. The third-order valence-corrected chi connectivity index (χ3v) is 4.82. The number of hydrogen-bond donors (Lipinski definition) is 2. The number of amides is 1. The van der Waals surface area contributed by atoms with Gasteiger partial charge in [-0.15, -0.1) is 0 Å². The van der Waals surface area contributed by atoms with E-state index in [1.54, 1.807) is 12.1 Å². The third kappa shape index (κ3) is 3.33. The summed E-state index contributed by atoms with van der Waals surface area (Å²) < 4.78 is 0. The summed E-state index contributed by atoms with van der Waals surface area (Å²) in [5.74, 6) is 0.0131. The molecule has 2 aromatic rings. The van der Waals surface area contributed by atoms with Crippen molar-refractivity contribution in [2.45, 2.75) is 25.8 Å². The lowest BCUT2D eigenvalue weighted by Gasteiger charge is -2.32. The van der Waals surface area contributed by atoms with Crippen LogP contribution in [0.5, 0.6) is 0 Å². The summed E-state index contributed by atoms with van der Waals surface area (Å²) in [6.45, 7) is 2.15. The fraction of sp³-hybridized carbons (Fsp3) is 0.316. The Bertz CT molecular complexity index is 819. The molecule has 2 aromatic carbocycles. The Balaban J connectivity index is 1.97. The van der Waals surface area contributed by atoms with Gasteiger partial charge in [0.1, 0.15) is 5.69 Å². The summed E-state index contributed by atoms with van der Waals surface area (Å²) >= 11 is 0. The van der Waals surface area contributed by atoms with E-state index in [1.807, 2.05) is 12.1 Å². The summed E-state index contributed by atoms with van der Waals surface area (Å²) in [6, 6.07) is 12.8. The molecule has 0 aliphatic heterocycles. The van der Waals surface area contributed by atoms with Crippen LogP contribution in [0.15, 0.2) is 42.5 Å². The van der Waals surface area contributed by atoms with Crippen LogP contribution >= 0.6 is 0 Å². The Morgan fingerprint density at radius 1 is 1.24 bits per heavy atom. The fourth-order valence-corrected chi connectivity index (χ4v) is 3.40. The number of aryl methyl sites for hydroxylation is 1. The highest BCUT2D eigenvalue weighted by atomic mass is 16.6. The van der Waals surface area contributed by atoms with E-state index < -0.39 is 4.92 Å². The van der Waals surface area contributed by atoms with Crippen LogP contribution in [0.1, 0.15) is 40.9 Å². The van der Waals surface area contributed by atoms with Gasteiger partial charge in [-0.25, -0.2) is 0 Å². The van der Waals surface area contributed by atoms with Crippen LogP contribution in [-0.2, 0) is 6.42 Å². The van der Waals surface area contributed by atoms with E-state index >= 15 is 0 Å². The van der Waals surface area contributed by atoms with E-state index in [9.17, 15) is 14.9 Å². The second-order valence-electron chi connectivity index (χ2n) is 6.40.